The summed E-state index contributed by atoms with van der Waals surface area (Å²) in [5, 5.41) is 0. The number of hydrogen-bond acceptors (Lipinski definition) is 3. The maximum Gasteiger partial charge on any atom is 0.260 e. The van der Waals surface area contributed by atoms with Gasteiger partial charge in [0, 0.05) is 13.1 Å². The summed E-state index contributed by atoms with van der Waals surface area (Å²) in [6, 6.07) is 5.90. The molecule has 1 aromatic carbocycles. The largest absolute Gasteiger partial charge is 0.484 e. The third-order valence-corrected chi connectivity index (χ3v) is 4.14. The van der Waals surface area contributed by atoms with E-state index >= 15 is 0 Å². The van der Waals surface area contributed by atoms with E-state index in [1.807, 2.05) is 30.0 Å². The highest BCUT2D eigenvalue weighted by Crippen LogP contribution is 2.18. The summed E-state index contributed by atoms with van der Waals surface area (Å²) in [5.41, 5.74) is 8.07. The molecule has 4 heteroatoms. The van der Waals surface area contributed by atoms with Crippen LogP contribution in [0.1, 0.15) is 24.0 Å². The quantitative estimate of drug-likeness (QED) is 0.913. The van der Waals surface area contributed by atoms with Crippen molar-refractivity contribution in [2.45, 2.75) is 26.7 Å². The Bertz CT molecular complexity index is 466. The molecule has 1 aliphatic rings. The third kappa shape index (κ3) is 3.73. The van der Waals surface area contributed by atoms with Gasteiger partial charge in [0.1, 0.15) is 5.75 Å². The lowest BCUT2D eigenvalue weighted by Gasteiger charge is -2.31. The summed E-state index contributed by atoms with van der Waals surface area (Å²) in [6.45, 7) is 6.55. The van der Waals surface area contributed by atoms with Crippen molar-refractivity contribution < 1.29 is 9.53 Å². The molecule has 1 aliphatic heterocycles. The molecule has 0 spiro atoms. The fourth-order valence-electron chi connectivity index (χ4n) is 2.46. The van der Waals surface area contributed by atoms with Crippen molar-refractivity contribution in [3.05, 3.63) is 29.3 Å². The van der Waals surface area contributed by atoms with Gasteiger partial charge in [-0.1, -0.05) is 6.07 Å². The van der Waals surface area contributed by atoms with Crippen LogP contribution in [0.4, 0.5) is 0 Å². The van der Waals surface area contributed by atoms with Gasteiger partial charge in [-0.25, -0.2) is 0 Å². The van der Waals surface area contributed by atoms with Crippen molar-refractivity contribution >= 4 is 5.91 Å². The minimum absolute atomic E-state index is 0.0682. The molecule has 1 amide bonds. The van der Waals surface area contributed by atoms with Crippen LogP contribution in [0.25, 0.3) is 0 Å². The van der Waals surface area contributed by atoms with Gasteiger partial charge in [0.25, 0.3) is 5.91 Å². The second-order valence-electron chi connectivity index (χ2n) is 5.59. The summed E-state index contributed by atoms with van der Waals surface area (Å²) < 4.78 is 5.59. The molecule has 0 unspecified atom stereocenters. The second kappa shape index (κ2) is 6.75. The number of nitrogens with two attached hydrogens (primary N) is 1. The molecule has 2 rings (SSSR count). The fraction of sp³-hybridized carbons (Fsp3) is 0.562. The number of ether oxygens (including phenoxy) is 1. The van der Waals surface area contributed by atoms with E-state index in [2.05, 4.69) is 6.92 Å². The Morgan fingerprint density at radius 3 is 2.60 bits per heavy atom. The summed E-state index contributed by atoms with van der Waals surface area (Å²) >= 11 is 0. The van der Waals surface area contributed by atoms with Crippen molar-refractivity contribution in [1.82, 2.24) is 4.90 Å². The highest BCUT2D eigenvalue weighted by atomic mass is 16.5. The Morgan fingerprint density at radius 2 is 2.00 bits per heavy atom. The molecule has 0 aliphatic carbocycles. The minimum atomic E-state index is 0.0682. The molecule has 1 saturated heterocycles. The van der Waals surface area contributed by atoms with Crippen molar-refractivity contribution in [3.8, 4) is 5.75 Å². The number of likely N-dealkylation sites (tertiary alicyclic amines) is 1. The summed E-state index contributed by atoms with van der Waals surface area (Å²) in [6.07, 6.45) is 2.01. The highest BCUT2D eigenvalue weighted by molar-refractivity contribution is 5.77. The van der Waals surface area contributed by atoms with Crippen LogP contribution in [0.5, 0.6) is 5.75 Å². The Morgan fingerprint density at radius 1 is 1.30 bits per heavy atom. The maximum absolute atomic E-state index is 12.1. The van der Waals surface area contributed by atoms with Crippen LogP contribution in [0.15, 0.2) is 18.2 Å². The van der Waals surface area contributed by atoms with E-state index < -0.39 is 0 Å². The van der Waals surface area contributed by atoms with Crippen LogP contribution >= 0.6 is 0 Å². The highest BCUT2D eigenvalue weighted by Gasteiger charge is 2.22. The molecule has 0 aromatic heterocycles. The van der Waals surface area contributed by atoms with E-state index in [4.69, 9.17) is 10.5 Å². The first-order valence-electron chi connectivity index (χ1n) is 7.28. The van der Waals surface area contributed by atoms with Crippen molar-refractivity contribution in [2.75, 3.05) is 26.2 Å². The topological polar surface area (TPSA) is 55.6 Å². The lowest BCUT2D eigenvalue weighted by molar-refractivity contribution is -0.134. The van der Waals surface area contributed by atoms with Gasteiger partial charge < -0.3 is 15.4 Å². The van der Waals surface area contributed by atoms with Crippen LogP contribution in [0.2, 0.25) is 0 Å². The van der Waals surface area contributed by atoms with E-state index in [9.17, 15) is 4.79 Å². The van der Waals surface area contributed by atoms with Crippen molar-refractivity contribution in [3.63, 3.8) is 0 Å². The number of carbonyl (C=O) groups is 1. The van der Waals surface area contributed by atoms with Crippen molar-refractivity contribution in [1.29, 1.82) is 0 Å². The molecule has 0 saturated carbocycles. The third-order valence-electron chi connectivity index (χ3n) is 4.14. The van der Waals surface area contributed by atoms with E-state index in [1.54, 1.807) is 0 Å². The predicted octanol–water partition coefficient (Wildman–Crippen LogP) is 1.88. The molecule has 0 radical (unpaired) electrons. The van der Waals surface area contributed by atoms with Gasteiger partial charge in [-0.2, -0.15) is 0 Å². The normalized spacial score (nSPS) is 16.2. The second-order valence-corrected chi connectivity index (χ2v) is 5.59. The van der Waals surface area contributed by atoms with Crippen LogP contribution < -0.4 is 10.5 Å². The molecular formula is C16H24N2O2. The van der Waals surface area contributed by atoms with Crippen LogP contribution in [-0.4, -0.2) is 37.0 Å². The first kappa shape index (κ1) is 14.9. The smallest absolute Gasteiger partial charge is 0.260 e. The Labute approximate surface area is 120 Å². The Kier molecular flexibility index (Phi) is 5.01. The lowest BCUT2D eigenvalue weighted by atomic mass is 9.97. The first-order chi connectivity index (χ1) is 9.60. The predicted molar refractivity (Wildman–Crippen MR) is 79.8 cm³/mol. The Hall–Kier alpha value is -1.55. The lowest BCUT2D eigenvalue weighted by Crippen LogP contribution is -2.42. The fourth-order valence-corrected chi connectivity index (χ4v) is 2.46. The zero-order valence-corrected chi connectivity index (χ0v) is 12.4. The molecular weight excluding hydrogens is 252 g/mol. The number of aryl methyl sites for hydroxylation is 2. The number of carbonyl (C=O) groups excluding carboxylic acids is 1. The molecule has 1 heterocycles. The average Bonchev–Trinajstić information content (AvgIpc) is 2.48. The summed E-state index contributed by atoms with van der Waals surface area (Å²) in [4.78, 5) is 14.0. The first-order valence-corrected chi connectivity index (χ1v) is 7.28. The molecule has 1 aromatic rings. The van der Waals surface area contributed by atoms with E-state index in [0.717, 1.165) is 38.2 Å². The zero-order chi connectivity index (χ0) is 14.5. The monoisotopic (exact) mass is 276 g/mol. The molecule has 2 N–H and O–H groups in total. The van der Waals surface area contributed by atoms with Gasteiger partial charge in [-0.15, -0.1) is 0 Å². The minimum Gasteiger partial charge on any atom is -0.484 e. The number of nitrogens with zero attached hydrogens (tertiary/aromatic N) is 1. The van der Waals surface area contributed by atoms with Gasteiger partial charge in [-0.3, -0.25) is 4.79 Å². The van der Waals surface area contributed by atoms with Crippen LogP contribution in [0, 0.1) is 19.8 Å². The number of piperidine rings is 1. The van der Waals surface area contributed by atoms with E-state index in [1.165, 1.54) is 11.1 Å². The molecule has 4 nitrogen and oxygen atoms in total. The van der Waals surface area contributed by atoms with Gasteiger partial charge in [0.15, 0.2) is 6.61 Å². The van der Waals surface area contributed by atoms with E-state index in [0.29, 0.717) is 5.92 Å². The molecule has 0 atom stereocenters. The molecule has 110 valence electrons. The van der Waals surface area contributed by atoms with Crippen molar-refractivity contribution in [2.24, 2.45) is 11.7 Å². The summed E-state index contributed by atoms with van der Waals surface area (Å²) in [7, 11) is 0. The van der Waals surface area contributed by atoms with Gasteiger partial charge >= 0.3 is 0 Å². The Balaban J connectivity index is 1.81. The number of hydrogen-bond donors (Lipinski definition) is 1. The molecule has 0 bridgehead atoms. The number of rotatable bonds is 4. The van der Waals surface area contributed by atoms with Gasteiger partial charge in [0.2, 0.25) is 0 Å². The van der Waals surface area contributed by atoms with Crippen LogP contribution in [-0.2, 0) is 4.79 Å². The maximum atomic E-state index is 12.1. The number of benzene rings is 1. The number of amides is 1. The zero-order valence-electron chi connectivity index (χ0n) is 12.4. The SMILES string of the molecule is Cc1ccc(OCC(=O)N2CCC(CN)CC2)cc1C. The van der Waals surface area contributed by atoms with E-state index in [-0.39, 0.29) is 12.5 Å². The van der Waals surface area contributed by atoms with Gasteiger partial charge in [-0.05, 0) is 62.4 Å². The standard InChI is InChI=1S/C16H24N2O2/c1-12-3-4-15(9-13(12)2)20-11-16(19)18-7-5-14(10-17)6-8-18/h3-4,9,14H,5-8,10-11,17H2,1-2H3. The molecule has 1 fully saturated rings. The van der Waals surface area contributed by atoms with Crippen LogP contribution in [0.3, 0.4) is 0 Å². The molecule has 20 heavy (non-hydrogen) atoms. The average molecular weight is 276 g/mol. The summed E-state index contributed by atoms with van der Waals surface area (Å²) in [5.74, 6) is 1.40. The van der Waals surface area contributed by atoms with Gasteiger partial charge in [0.05, 0.1) is 0 Å².